The molecule has 1 aliphatic heterocycles. The van der Waals surface area contributed by atoms with Gasteiger partial charge in [-0.15, -0.1) is 0 Å². The van der Waals surface area contributed by atoms with Crippen molar-refractivity contribution in [1.82, 2.24) is 0 Å². The molecule has 1 aromatic rings. The molecular formula is C13H16FN3O. The number of nitrogens with two attached hydrogens (primary N) is 1. The number of hydrogen-bond donors (Lipinski definition) is 1. The Labute approximate surface area is 106 Å². The Hall–Kier alpha value is -1.64. The van der Waals surface area contributed by atoms with Gasteiger partial charge >= 0.3 is 0 Å². The van der Waals surface area contributed by atoms with Crippen molar-refractivity contribution in [2.24, 2.45) is 5.73 Å². The summed E-state index contributed by atoms with van der Waals surface area (Å²) in [7, 11) is 0. The number of anilines is 1. The van der Waals surface area contributed by atoms with Crippen LogP contribution >= 0.6 is 0 Å². The zero-order chi connectivity index (χ0) is 13.1. The SMILES string of the molecule is C[C@@H](N)c1ccc(N2CCOC(C#N)C2)c(F)c1. The maximum atomic E-state index is 14.0. The summed E-state index contributed by atoms with van der Waals surface area (Å²) in [5.41, 5.74) is 6.98. The molecule has 1 fully saturated rings. The zero-order valence-corrected chi connectivity index (χ0v) is 10.3. The maximum Gasteiger partial charge on any atom is 0.161 e. The third kappa shape index (κ3) is 2.61. The number of ether oxygens (including phenoxy) is 1. The van der Waals surface area contributed by atoms with Crippen molar-refractivity contribution in [2.75, 3.05) is 24.6 Å². The molecule has 5 heteroatoms. The van der Waals surface area contributed by atoms with Crippen LogP contribution < -0.4 is 10.6 Å². The van der Waals surface area contributed by atoms with E-state index in [0.717, 1.165) is 5.56 Å². The van der Waals surface area contributed by atoms with Gasteiger partial charge in [0.1, 0.15) is 5.82 Å². The van der Waals surface area contributed by atoms with Gasteiger partial charge in [0, 0.05) is 12.6 Å². The van der Waals surface area contributed by atoms with Crippen LogP contribution in [0, 0.1) is 17.1 Å². The topological polar surface area (TPSA) is 62.3 Å². The van der Waals surface area contributed by atoms with Gasteiger partial charge in [-0.1, -0.05) is 6.07 Å². The number of benzene rings is 1. The van der Waals surface area contributed by atoms with E-state index in [1.807, 2.05) is 24.0 Å². The van der Waals surface area contributed by atoms with Gasteiger partial charge in [-0.3, -0.25) is 0 Å². The molecule has 4 nitrogen and oxygen atoms in total. The summed E-state index contributed by atoms with van der Waals surface area (Å²) < 4.78 is 19.2. The lowest BCUT2D eigenvalue weighted by atomic mass is 10.1. The summed E-state index contributed by atoms with van der Waals surface area (Å²) in [6.45, 7) is 3.24. The first-order valence-electron chi connectivity index (χ1n) is 5.93. The van der Waals surface area contributed by atoms with Crippen LogP contribution in [0.25, 0.3) is 0 Å². The van der Waals surface area contributed by atoms with Crippen LogP contribution in [0.5, 0.6) is 0 Å². The molecule has 18 heavy (non-hydrogen) atoms. The van der Waals surface area contributed by atoms with Gasteiger partial charge in [0.05, 0.1) is 24.9 Å². The lowest BCUT2D eigenvalue weighted by Crippen LogP contribution is -2.42. The van der Waals surface area contributed by atoms with Crippen LogP contribution in [0.3, 0.4) is 0 Å². The number of hydrogen-bond acceptors (Lipinski definition) is 4. The molecule has 2 N–H and O–H groups in total. The molecule has 96 valence electrons. The van der Waals surface area contributed by atoms with Crippen LogP contribution in [0.2, 0.25) is 0 Å². The Morgan fingerprint density at radius 2 is 2.39 bits per heavy atom. The first-order chi connectivity index (χ1) is 8.61. The van der Waals surface area contributed by atoms with E-state index in [1.54, 1.807) is 6.07 Å². The van der Waals surface area contributed by atoms with E-state index in [2.05, 4.69) is 0 Å². The van der Waals surface area contributed by atoms with Crippen LogP contribution in [0.15, 0.2) is 18.2 Å². The van der Waals surface area contributed by atoms with E-state index in [4.69, 9.17) is 15.7 Å². The largest absolute Gasteiger partial charge is 0.363 e. The minimum atomic E-state index is -0.494. The summed E-state index contributed by atoms with van der Waals surface area (Å²) in [6, 6.07) is 6.85. The second-order valence-corrected chi connectivity index (χ2v) is 4.43. The van der Waals surface area contributed by atoms with Gasteiger partial charge in [0.25, 0.3) is 0 Å². The first kappa shape index (κ1) is 12.8. The van der Waals surface area contributed by atoms with Gasteiger partial charge in [-0.05, 0) is 24.6 Å². The van der Waals surface area contributed by atoms with E-state index >= 15 is 0 Å². The standard InChI is InChI=1S/C13H16FN3O/c1-9(16)10-2-3-13(12(14)6-10)17-4-5-18-11(7-15)8-17/h2-3,6,9,11H,4-5,8,16H2,1H3/t9-,11?/m1/s1. The van der Waals surface area contributed by atoms with Gasteiger partial charge in [0.15, 0.2) is 6.10 Å². The Kier molecular flexibility index (Phi) is 3.80. The Morgan fingerprint density at radius 1 is 1.61 bits per heavy atom. The van der Waals surface area contributed by atoms with Crippen molar-refractivity contribution in [3.8, 4) is 6.07 Å². The fourth-order valence-corrected chi connectivity index (χ4v) is 2.01. The van der Waals surface area contributed by atoms with Crippen molar-refractivity contribution < 1.29 is 9.13 Å². The van der Waals surface area contributed by atoms with Crippen molar-refractivity contribution >= 4 is 5.69 Å². The summed E-state index contributed by atoms with van der Waals surface area (Å²) in [5.74, 6) is -0.302. The summed E-state index contributed by atoms with van der Waals surface area (Å²) in [6.07, 6.45) is -0.494. The van der Waals surface area contributed by atoms with Crippen molar-refractivity contribution in [1.29, 1.82) is 5.26 Å². The molecule has 1 saturated heterocycles. The fraction of sp³-hybridized carbons (Fsp3) is 0.462. The number of nitriles is 1. The smallest absolute Gasteiger partial charge is 0.161 e. The van der Waals surface area contributed by atoms with Crippen LogP contribution in [-0.2, 0) is 4.74 Å². The van der Waals surface area contributed by atoms with Crippen molar-refractivity contribution in [3.05, 3.63) is 29.6 Å². The third-order valence-corrected chi connectivity index (χ3v) is 3.05. The molecule has 0 aliphatic carbocycles. The quantitative estimate of drug-likeness (QED) is 0.864. The lowest BCUT2D eigenvalue weighted by Gasteiger charge is -2.32. The molecule has 0 radical (unpaired) electrons. The highest BCUT2D eigenvalue weighted by atomic mass is 19.1. The van der Waals surface area contributed by atoms with Crippen LogP contribution in [0.4, 0.5) is 10.1 Å². The van der Waals surface area contributed by atoms with Crippen molar-refractivity contribution in [3.63, 3.8) is 0 Å². The number of rotatable bonds is 2. The zero-order valence-electron chi connectivity index (χ0n) is 10.3. The molecule has 1 heterocycles. The van der Waals surface area contributed by atoms with Crippen molar-refractivity contribution in [2.45, 2.75) is 19.1 Å². The van der Waals surface area contributed by atoms with E-state index in [1.165, 1.54) is 6.07 Å². The van der Waals surface area contributed by atoms with Crippen LogP contribution in [0.1, 0.15) is 18.5 Å². The highest BCUT2D eigenvalue weighted by Gasteiger charge is 2.22. The maximum absolute atomic E-state index is 14.0. The normalized spacial score (nSPS) is 21.4. The average Bonchev–Trinajstić information content (AvgIpc) is 2.38. The third-order valence-electron chi connectivity index (χ3n) is 3.05. The summed E-state index contributed by atoms with van der Waals surface area (Å²) in [5, 5.41) is 8.83. The molecule has 0 saturated carbocycles. The molecule has 0 spiro atoms. The Morgan fingerprint density at radius 3 is 3.00 bits per heavy atom. The number of halogens is 1. The number of nitrogens with zero attached hydrogens (tertiary/aromatic N) is 2. The van der Waals surface area contributed by atoms with E-state index < -0.39 is 6.10 Å². The Balaban J connectivity index is 2.21. The average molecular weight is 249 g/mol. The molecule has 1 aromatic carbocycles. The second-order valence-electron chi connectivity index (χ2n) is 4.43. The highest BCUT2D eigenvalue weighted by molar-refractivity contribution is 5.50. The number of morpholine rings is 1. The molecular weight excluding hydrogens is 233 g/mol. The molecule has 2 atom stereocenters. The molecule has 0 amide bonds. The molecule has 1 unspecified atom stereocenters. The minimum Gasteiger partial charge on any atom is -0.363 e. The van der Waals surface area contributed by atoms with Gasteiger partial charge in [0.2, 0.25) is 0 Å². The summed E-state index contributed by atoms with van der Waals surface area (Å²) in [4.78, 5) is 1.83. The monoisotopic (exact) mass is 249 g/mol. The second kappa shape index (κ2) is 5.34. The first-order valence-corrected chi connectivity index (χ1v) is 5.93. The predicted octanol–water partition coefficient (Wildman–Crippen LogP) is 1.57. The van der Waals surface area contributed by atoms with E-state index in [9.17, 15) is 4.39 Å². The van der Waals surface area contributed by atoms with Gasteiger partial charge in [-0.2, -0.15) is 5.26 Å². The predicted molar refractivity (Wildman–Crippen MR) is 66.6 cm³/mol. The molecule has 0 aromatic heterocycles. The highest BCUT2D eigenvalue weighted by Crippen LogP contribution is 2.24. The van der Waals surface area contributed by atoms with E-state index in [-0.39, 0.29) is 11.9 Å². The molecule has 1 aliphatic rings. The van der Waals surface area contributed by atoms with Gasteiger partial charge in [-0.25, -0.2) is 4.39 Å². The van der Waals surface area contributed by atoms with E-state index in [0.29, 0.717) is 25.4 Å². The van der Waals surface area contributed by atoms with Gasteiger partial charge < -0.3 is 15.4 Å². The minimum absolute atomic E-state index is 0.190. The lowest BCUT2D eigenvalue weighted by molar-refractivity contribution is 0.0762. The summed E-state index contributed by atoms with van der Waals surface area (Å²) >= 11 is 0. The fourth-order valence-electron chi connectivity index (χ4n) is 2.01. The Bertz CT molecular complexity index is 470. The molecule has 0 bridgehead atoms. The van der Waals surface area contributed by atoms with Crippen LogP contribution in [-0.4, -0.2) is 25.8 Å². The molecule has 2 rings (SSSR count).